The number of amides is 1. The van der Waals surface area contributed by atoms with Gasteiger partial charge in [-0.2, -0.15) is 0 Å². The Hall–Kier alpha value is -1.63. The van der Waals surface area contributed by atoms with Crippen LogP contribution in [0.1, 0.15) is 19.8 Å². The van der Waals surface area contributed by atoms with Crippen molar-refractivity contribution in [2.75, 3.05) is 18.8 Å². The van der Waals surface area contributed by atoms with Gasteiger partial charge < -0.3 is 4.90 Å². The third-order valence-corrected chi connectivity index (χ3v) is 4.55. The molecule has 0 bridgehead atoms. The molecule has 0 unspecified atom stereocenters. The number of carbonyl (C=O) groups is 1. The molecule has 20 heavy (non-hydrogen) atoms. The summed E-state index contributed by atoms with van der Waals surface area (Å²) in [4.78, 5) is 18.2. The highest BCUT2D eigenvalue weighted by Gasteiger charge is 2.20. The molecular formula is C13H17N5OS. The van der Waals surface area contributed by atoms with Crippen molar-refractivity contribution in [3.05, 3.63) is 18.5 Å². The molecule has 106 valence electrons. The van der Waals surface area contributed by atoms with Crippen molar-refractivity contribution in [2.45, 2.75) is 24.9 Å². The Labute approximate surface area is 121 Å². The number of hydrogen-bond donors (Lipinski definition) is 0. The highest BCUT2D eigenvalue weighted by molar-refractivity contribution is 7.99. The zero-order valence-corrected chi connectivity index (χ0v) is 12.2. The normalized spacial score (nSPS) is 16.8. The van der Waals surface area contributed by atoms with Crippen LogP contribution in [0.3, 0.4) is 0 Å². The van der Waals surface area contributed by atoms with Crippen LogP contribution >= 0.6 is 11.8 Å². The largest absolute Gasteiger partial charge is 0.342 e. The number of likely N-dealkylation sites (tertiary alicyclic amines) is 1. The Balaban J connectivity index is 1.60. The van der Waals surface area contributed by atoms with Crippen molar-refractivity contribution in [1.82, 2.24) is 24.5 Å². The van der Waals surface area contributed by atoms with Gasteiger partial charge in [0.2, 0.25) is 5.91 Å². The first-order chi connectivity index (χ1) is 9.74. The van der Waals surface area contributed by atoms with Gasteiger partial charge in [0, 0.05) is 25.5 Å². The van der Waals surface area contributed by atoms with E-state index in [1.807, 2.05) is 17.2 Å². The average molecular weight is 291 g/mol. The Kier molecular flexibility index (Phi) is 3.86. The number of piperidine rings is 1. The molecule has 0 radical (unpaired) electrons. The van der Waals surface area contributed by atoms with Crippen molar-refractivity contribution in [3.8, 4) is 0 Å². The van der Waals surface area contributed by atoms with Crippen LogP contribution in [-0.2, 0) is 4.79 Å². The van der Waals surface area contributed by atoms with Crippen LogP contribution in [0.4, 0.5) is 0 Å². The lowest BCUT2D eigenvalue weighted by Crippen LogP contribution is -2.38. The lowest BCUT2D eigenvalue weighted by atomic mass is 9.99. The highest BCUT2D eigenvalue weighted by atomic mass is 32.2. The first-order valence-electron chi connectivity index (χ1n) is 6.80. The minimum atomic E-state index is 0.183. The second-order valence-electron chi connectivity index (χ2n) is 5.12. The van der Waals surface area contributed by atoms with Gasteiger partial charge in [-0.25, -0.2) is 4.98 Å². The summed E-state index contributed by atoms with van der Waals surface area (Å²) >= 11 is 1.42. The summed E-state index contributed by atoms with van der Waals surface area (Å²) in [6.07, 6.45) is 5.75. The van der Waals surface area contributed by atoms with Gasteiger partial charge in [-0.05, 0) is 24.8 Å². The molecule has 3 heterocycles. The molecule has 0 aromatic carbocycles. The van der Waals surface area contributed by atoms with Crippen molar-refractivity contribution >= 4 is 23.4 Å². The molecule has 0 atom stereocenters. The van der Waals surface area contributed by atoms with E-state index >= 15 is 0 Å². The van der Waals surface area contributed by atoms with E-state index in [2.05, 4.69) is 22.1 Å². The summed E-state index contributed by atoms with van der Waals surface area (Å²) in [7, 11) is 0. The highest BCUT2D eigenvalue weighted by Crippen LogP contribution is 2.19. The molecule has 0 spiro atoms. The van der Waals surface area contributed by atoms with Gasteiger partial charge >= 0.3 is 0 Å². The lowest BCUT2D eigenvalue weighted by Gasteiger charge is -2.30. The van der Waals surface area contributed by atoms with E-state index in [1.54, 1.807) is 10.6 Å². The molecule has 1 saturated heterocycles. The molecule has 0 aliphatic carbocycles. The minimum absolute atomic E-state index is 0.183. The van der Waals surface area contributed by atoms with Crippen LogP contribution < -0.4 is 0 Å². The van der Waals surface area contributed by atoms with Crippen LogP contribution in [0.5, 0.6) is 0 Å². The number of hydrogen-bond acceptors (Lipinski definition) is 5. The fraction of sp³-hybridized carbons (Fsp3) is 0.538. The van der Waals surface area contributed by atoms with Crippen molar-refractivity contribution in [3.63, 3.8) is 0 Å². The van der Waals surface area contributed by atoms with E-state index in [-0.39, 0.29) is 5.91 Å². The number of fused-ring (bicyclic) bond motifs is 1. The summed E-state index contributed by atoms with van der Waals surface area (Å²) < 4.78 is 1.80. The van der Waals surface area contributed by atoms with Crippen LogP contribution in [0.25, 0.3) is 5.78 Å². The summed E-state index contributed by atoms with van der Waals surface area (Å²) in [6, 6.07) is 1.83. The molecule has 2 aromatic heterocycles. The van der Waals surface area contributed by atoms with E-state index in [1.165, 1.54) is 11.8 Å². The van der Waals surface area contributed by atoms with E-state index in [9.17, 15) is 4.79 Å². The van der Waals surface area contributed by atoms with Crippen LogP contribution in [-0.4, -0.2) is 49.2 Å². The van der Waals surface area contributed by atoms with Crippen LogP contribution in [0, 0.1) is 5.92 Å². The maximum absolute atomic E-state index is 12.2. The standard InChI is InChI=1S/C13H17N5OS/c1-10-3-7-17(8-4-10)11(19)9-20-13-16-15-12-14-5-2-6-18(12)13/h2,5-6,10H,3-4,7-9H2,1H3. The van der Waals surface area contributed by atoms with Crippen molar-refractivity contribution in [1.29, 1.82) is 0 Å². The maximum atomic E-state index is 12.2. The van der Waals surface area contributed by atoms with E-state index in [4.69, 9.17) is 0 Å². The summed E-state index contributed by atoms with van der Waals surface area (Å²) in [5.74, 6) is 1.89. The smallest absolute Gasteiger partial charge is 0.255 e. The Morgan fingerprint density at radius 1 is 1.40 bits per heavy atom. The summed E-state index contributed by atoms with van der Waals surface area (Å²) in [5, 5.41) is 8.76. The second-order valence-corrected chi connectivity index (χ2v) is 6.07. The van der Waals surface area contributed by atoms with Gasteiger partial charge in [0.25, 0.3) is 5.78 Å². The first-order valence-corrected chi connectivity index (χ1v) is 7.79. The maximum Gasteiger partial charge on any atom is 0.255 e. The monoisotopic (exact) mass is 291 g/mol. The van der Waals surface area contributed by atoms with E-state index in [0.717, 1.165) is 31.8 Å². The topological polar surface area (TPSA) is 63.4 Å². The first kappa shape index (κ1) is 13.4. The van der Waals surface area contributed by atoms with E-state index in [0.29, 0.717) is 16.7 Å². The average Bonchev–Trinajstić information content (AvgIpc) is 2.89. The molecule has 1 aliphatic rings. The molecule has 2 aromatic rings. The third-order valence-electron chi connectivity index (χ3n) is 3.62. The van der Waals surface area contributed by atoms with Gasteiger partial charge in [-0.3, -0.25) is 9.20 Å². The van der Waals surface area contributed by atoms with Crippen LogP contribution in [0.15, 0.2) is 23.6 Å². The Bertz CT molecular complexity index is 606. The van der Waals surface area contributed by atoms with Crippen molar-refractivity contribution in [2.24, 2.45) is 5.92 Å². The number of nitrogens with zero attached hydrogens (tertiary/aromatic N) is 5. The fourth-order valence-corrected chi connectivity index (χ4v) is 3.11. The molecule has 1 aliphatic heterocycles. The van der Waals surface area contributed by atoms with Gasteiger partial charge in [0.15, 0.2) is 5.16 Å². The van der Waals surface area contributed by atoms with E-state index < -0.39 is 0 Å². The summed E-state index contributed by atoms with van der Waals surface area (Å²) in [6.45, 7) is 4.00. The number of carbonyl (C=O) groups excluding carboxylic acids is 1. The molecule has 7 heteroatoms. The molecule has 6 nitrogen and oxygen atoms in total. The molecular weight excluding hydrogens is 274 g/mol. The SMILES string of the molecule is CC1CCN(C(=O)CSc2nnc3ncccn23)CC1. The predicted molar refractivity (Wildman–Crippen MR) is 76.5 cm³/mol. The van der Waals surface area contributed by atoms with Gasteiger partial charge in [0.05, 0.1) is 5.75 Å². The van der Waals surface area contributed by atoms with Gasteiger partial charge in [-0.1, -0.05) is 18.7 Å². The molecule has 3 rings (SSSR count). The number of rotatable bonds is 3. The van der Waals surface area contributed by atoms with Crippen LogP contribution in [0.2, 0.25) is 0 Å². The van der Waals surface area contributed by atoms with Gasteiger partial charge in [-0.15, -0.1) is 10.2 Å². The molecule has 1 fully saturated rings. The third kappa shape index (κ3) is 2.77. The zero-order chi connectivity index (χ0) is 13.9. The van der Waals surface area contributed by atoms with Gasteiger partial charge in [0.1, 0.15) is 0 Å². The quantitative estimate of drug-likeness (QED) is 0.801. The molecule has 1 amide bonds. The zero-order valence-electron chi connectivity index (χ0n) is 11.4. The predicted octanol–water partition coefficient (Wildman–Crippen LogP) is 1.47. The molecule has 0 N–H and O–H groups in total. The Morgan fingerprint density at radius 2 is 2.20 bits per heavy atom. The lowest BCUT2D eigenvalue weighted by molar-refractivity contribution is -0.129. The summed E-state index contributed by atoms with van der Waals surface area (Å²) in [5.41, 5.74) is 0. The Morgan fingerprint density at radius 3 is 3.00 bits per heavy atom. The number of thioether (sulfide) groups is 1. The second kappa shape index (κ2) is 5.78. The number of aromatic nitrogens is 4. The fourth-order valence-electron chi connectivity index (χ4n) is 2.30. The minimum Gasteiger partial charge on any atom is -0.342 e. The molecule has 0 saturated carbocycles. The van der Waals surface area contributed by atoms with Crippen molar-refractivity contribution < 1.29 is 4.79 Å².